The molecule has 0 radical (unpaired) electrons. The maximum absolute atomic E-state index is 12.3. The predicted octanol–water partition coefficient (Wildman–Crippen LogP) is -25.6. The number of hydrogen-bond donors (Lipinski definition) is 13. The number of rotatable bonds is 13. The Kier molecular flexibility index (Phi) is 46.2. The number of hydrogen-bond acceptors (Lipinski definition) is 36. The van der Waals surface area contributed by atoms with Crippen LogP contribution < -0.4 is 165 Å². The summed E-state index contributed by atoms with van der Waals surface area (Å²) in [4.78, 5) is 23.8. The number of carboxylic acid groups (broad SMARTS) is 1. The average molecular weight is 1360 g/mol. The van der Waals surface area contributed by atoms with Crippen molar-refractivity contribution in [1.29, 1.82) is 0 Å². The second kappa shape index (κ2) is 40.7. The Labute approximate surface area is 585 Å². The van der Waals surface area contributed by atoms with Gasteiger partial charge in [0, 0.05) is 5.92 Å². The van der Waals surface area contributed by atoms with E-state index in [-0.39, 0.29) is 154 Å². The number of nitrogens with two attached hydrogens (primary N) is 3. The van der Waals surface area contributed by atoms with E-state index in [1.807, 2.05) is 0 Å². The number of carbonyl (C=O) groups is 2. The third-order valence-electron chi connectivity index (χ3n) is 10.4. The molecule has 41 nitrogen and oxygen atoms in total. The third-order valence-corrected chi connectivity index (χ3v) is 10.8. The zero-order chi connectivity index (χ0) is 61.1. The molecule has 0 bridgehead atoms. The minimum atomic E-state index is -5.61. The smallest absolute Gasteiger partial charge is 0.726 e. The molecule has 5 aliphatic rings. The van der Waals surface area contributed by atoms with Crippen LogP contribution in [0.2, 0.25) is 0 Å². The zero-order valence-electron chi connectivity index (χ0n) is 44.3. The molecule has 10 unspecified atom stereocenters. The Bertz CT molecular complexity index is 2340. The van der Waals surface area contributed by atoms with Crippen molar-refractivity contribution in [3.63, 3.8) is 0 Å². The third kappa shape index (κ3) is 36.0. The molecule has 0 aromatic carbocycles. The van der Waals surface area contributed by atoms with E-state index in [0.717, 1.165) is 0 Å². The largest absolute Gasteiger partial charge is 1.00 e. The maximum atomic E-state index is 12.3. The van der Waals surface area contributed by atoms with E-state index in [1.165, 1.54) is 13.3 Å². The van der Waals surface area contributed by atoms with Crippen LogP contribution in [0.4, 0.5) is 0 Å². The van der Waals surface area contributed by atoms with Crippen molar-refractivity contribution >= 4 is 64.4 Å². The van der Waals surface area contributed by atoms with Crippen LogP contribution in [0.5, 0.6) is 0 Å². The summed E-state index contributed by atoms with van der Waals surface area (Å²) in [6, 6.07) is -3.70. The number of aliphatic carboxylic acids is 1. The molecule has 51 heteroatoms. The van der Waals surface area contributed by atoms with Crippen LogP contribution in [0.3, 0.4) is 0 Å². The molecule has 0 aromatic rings. The predicted molar refractivity (Wildman–Crippen MR) is 231 cm³/mol. The quantitative estimate of drug-likeness (QED) is 0.0268. The Morgan fingerprint density at radius 3 is 1.39 bits per heavy atom. The molecule has 5 aliphatic heterocycles. The van der Waals surface area contributed by atoms with Crippen LogP contribution in [0.15, 0.2) is 0 Å². The summed E-state index contributed by atoms with van der Waals surface area (Å²) in [7, 11) is -25.3. The number of ether oxygens (including phenoxy) is 10. The van der Waals surface area contributed by atoms with Crippen LogP contribution in [-0.4, -0.2) is 267 Å². The van der Waals surface area contributed by atoms with E-state index in [9.17, 15) is 53.2 Å². The van der Waals surface area contributed by atoms with Crippen LogP contribution in [0.25, 0.3) is 0 Å². The average Bonchev–Trinajstić information content (AvgIpc) is 3.23. The summed E-state index contributed by atoms with van der Waals surface area (Å²) in [5, 5.41) is 63.5. The van der Waals surface area contributed by atoms with Gasteiger partial charge in [0.05, 0.1) is 48.7 Å². The second-order valence-corrected chi connectivity index (χ2v) is 20.6. The molecular weight excluding hydrogens is 1310 g/mol. The van der Waals surface area contributed by atoms with Gasteiger partial charge in [-0.25, -0.2) is 46.9 Å². The normalized spacial score (nSPS) is 38.1. The fourth-order valence-corrected chi connectivity index (χ4v) is 7.47. The molecule has 464 valence electrons. The molecule has 0 saturated carbocycles. The first kappa shape index (κ1) is 94.3. The molecule has 24 atom stereocenters. The number of aliphatic hydroxyl groups excluding tert-OH is 5. The minimum absolute atomic E-state index is 0. The summed E-state index contributed by atoms with van der Waals surface area (Å²) < 4.78 is 227. The monoisotopic (exact) mass is 1360 g/mol. The molecule has 0 amide bonds. The molecule has 83 heavy (non-hydrogen) atoms. The van der Waals surface area contributed by atoms with E-state index >= 15 is 0 Å². The van der Waals surface area contributed by atoms with E-state index in [4.69, 9.17) is 135 Å². The summed E-state index contributed by atoms with van der Waals surface area (Å²) in [6.07, 6.45) is -30.2. The summed E-state index contributed by atoms with van der Waals surface area (Å²) in [5.41, 5.74) is 18.2. The van der Waals surface area contributed by atoms with Crippen LogP contribution in [-0.2, 0) is 113 Å². The fourth-order valence-electron chi connectivity index (χ4n) is 7.00. The van der Waals surface area contributed by atoms with Gasteiger partial charge in [-0.15, -0.1) is 0 Å². The topological polar surface area (TPSA) is 702 Å². The maximum Gasteiger partial charge on any atom is 1.00 e. The molecule has 0 aromatic heterocycles. The van der Waals surface area contributed by atoms with Crippen molar-refractivity contribution in [2.45, 2.75) is 155 Å². The molecule has 5 fully saturated rings. The molecule has 5 saturated heterocycles. The van der Waals surface area contributed by atoms with Crippen LogP contribution in [0, 0.1) is 33.1 Å². The molecule has 5 heterocycles. The van der Waals surface area contributed by atoms with Crippen molar-refractivity contribution in [1.82, 2.24) is 0 Å². The van der Waals surface area contributed by atoms with E-state index in [2.05, 4.69) is 25.0 Å². The van der Waals surface area contributed by atoms with Crippen LogP contribution in [0.1, 0.15) is 13.8 Å². The first-order chi connectivity index (χ1) is 35.0. The van der Waals surface area contributed by atoms with Gasteiger partial charge < -0.3 is 139 Å². The van der Waals surface area contributed by atoms with Gasteiger partial charge in [-0.05, 0) is 19.1 Å². The number of carboxylic acids is 1. The number of aliphatic hydroxyl groups is 5. The van der Waals surface area contributed by atoms with Gasteiger partial charge in [0.15, 0.2) is 37.2 Å². The van der Waals surface area contributed by atoms with E-state index in [0.29, 0.717) is 0 Å². The van der Waals surface area contributed by atoms with Crippen molar-refractivity contribution in [3.05, 3.63) is 27.2 Å². The minimum Gasteiger partial charge on any atom is -0.726 e. The molecule has 0 spiro atoms. The summed E-state index contributed by atoms with van der Waals surface area (Å²) >= 11 is 0. The zero-order valence-corrected chi connectivity index (χ0v) is 58.4. The Balaban J connectivity index is -0.000000698. The summed E-state index contributed by atoms with van der Waals surface area (Å²) in [6.45, 7) is 14.0. The van der Waals surface area contributed by atoms with Crippen molar-refractivity contribution in [2.75, 3.05) is 0 Å². The van der Waals surface area contributed by atoms with Crippen molar-refractivity contribution in [3.8, 4) is 0 Å². The Hall–Kier alpha value is 2.61. The first-order valence-electron chi connectivity index (χ1n) is 20.6. The summed E-state index contributed by atoms with van der Waals surface area (Å²) in [5.74, 6) is -2.62. The SMILES string of the molecule is O=S(=O)([O-])O.O=S(=O)([O-])O.O=S(=O)([O-])O.O=S(=O)([O-])O.[CH2-]C1O[C@H](O[C@@H]2C(OC=O)O[C@@H](O[C@@H]3C([CH2-])O[C@H](C)C(N)[C@H]3O)C(OS(=O)(=O)[O-])[C@H]2O)C(N)[CH-][C@@H]1O[C@@H]1OC(C(=O)O)[C@@H](O[C@H]2OC([CH2-])[C@@H](O)[C@H](O)C2N)[C@H](O)C1C.[Na+].[Na+].[Na+].[Na+].[Na+]. The van der Waals surface area contributed by atoms with Gasteiger partial charge in [-0.3, -0.25) is 33.6 Å². The molecular formula is C32H54N3Na5O38S5-4. The van der Waals surface area contributed by atoms with E-state index < -0.39 is 205 Å². The fraction of sp³-hybridized carbons (Fsp3) is 0.812. The second-order valence-electron chi connectivity index (χ2n) is 16.2. The Morgan fingerprint density at radius 1 is 0.518 bits per heavy atom. The van der Waals surface area contributed by atoms with Gasteiger partial charge >= 0.3 is 154 Å². The first-order valence-corrected chi connectivity index (χ1v) is 27.4. The standard InChI is InChI=1S/C32H51N3O22S.5Na.4H2O4S/c1-8-17(37)23(53-30-16(35)19(39)18(38)11(4)50-30)26(27(42)43)55-28(8)51-14-6-13(33)29(49-9(14)2)54-24-21(41)25(57-58(44,45)46)32(56-31(24)47-7-36)52-22-12(5)48-10(3)15(34)20(22)40;;;;;;4*1-5(2,3)4/h6-26,28-32,37-41H,2,4-5,33-35H2,1,3H3,(H,42,43)(H,44,45,46);;;;;;4*(H2,1,2,3,4)/q-4;5*+1;;;;/p-5/t8?,9?,10-,11?,12?,13?,14+,15?,16?,17-,18-,19-,20-,21+,22-,23+,24+,25?,26?,28-,29-,30-,31?,32-;;;;;;;;;/m1........./s1. The van der Waals surface area contributed by atoms with Gasteiger partial charge in [0.25, 0.3) is 6.47 Å². The van der Waals surface area contributed by atoms with Gasteiger partial charge in [0.2, 0.25) is 58.3 Å². The van der Waals surface area contributed by atoms with Gasteiger partial charge in [0.1, 0.15) is 18.5 Å². The Morgan fingerprint density at radius 2 is 0.952 bits per heavy atom. The van der Waals surface area contributed by atoms with Gasteiger partial charge in [-0.2, -0.15) is 0 Å². The van der Waals surface area contributed by atoms with Crippen molar-refractivity contribution < 1.29 is 323 Å². The molecule has 16 N–H and O–H groups in total. The van der Waals surface area contributed by atoms with Crippen LogP contribution >= 0.6 is 0 Å². The molecule has 5 rings (SSSR count). The van der Waals surface area contributed by atoms with E-state index in [1.54, 1.807) is 6.92 Å². The molecule has 0 aliphatic carbocycles. The van der Waals surface area contributed by atoms with Gasteiger partial charge in [-0.1, -0.05) is 25.2 Å². The van der Waals surface area contributed by atoms with Crippen molar-refractivity contribution in [2.24, 2.45) is 23.1 Å². The number of carbonyl (C=O) groups excluding carboxylic acids is 1.